The van der Waals surface area contributed by atoms with Crippen LogP contribution in [0.15, 0.2) is 73.4 Å². The quantitative estimate of drug-likeness (QED) is 0.136. The van der Waals surface area contributed by atoms with E-state index in [0.29, 0.717) is 33.9 Å². The maximum Gasteiger partial charge on any atom is 0.157 e. The van der Waals surface area contributed by atoms with Crippen LogP contribution >= 0.6 is 11.3 Å². The zero-order chi connectivity index (χ0) is 27.7. The van der Waals surface area contributed by atoms with Gasteiger partial charge in [0.1, 0.15) is 28.6 Å². The van der Waals surface area contributed by atoms with Crippen LogP contribution < -0.4 is 11.1 Å². The number of aromatic amines is 1. The van der Waals surface area contributed by atoms with Crippen molar-refractivity contribution in [2.75, 3.05) is 5.73 Å². The molecule has 0 bridgehead atoms. The number of nitrogens with zero attached hydrogens (tertiary/aromatic N) is 3. The van der Waals surface area contributed by atoms with E-state index in [1.807, 2.05) is 26.0 Å². The number of aryl methyl sites for hydroxylation is 1. The summed E-state index contributed by atoms with van der Waals surface area (Å²) >= 11 is 1.61. The van der Waals surface area contributed by atoms with Crippen molar-refractivity contribution in [1.82, 2.24) is 25.3 Å². The number of thiophene rings is 1. The van der Waals surface area contributed by atoms with E-state index in [-0.39, 0.29) is 28.5 Å². The Morgan fingerprint density at radius 1 is 1.28 bits per heavy atom. The second-order valence-electron chi connectivity index (χ2n) is 9.50. The number of aromatic nitrogens is 4. The lowest BCUT2D eigenvalue weighted by atomic mass is 9.83. The lowest BCUT2D eigenvalue weighted by Gasteiger charge is -2.28. The van der Waals surface area contributed by atoms with Crippen molar-refractivity contribution in [3.05, 3.63) is 101 Å². The van der Waals surface area contributed by atoms with E-state index in [9.17, 15) is 0 Å². The van der Waals surface area contributed by atoms with Crippen molar-refractivity contribution >= 4 is 39.5 Å². The lowest BCUT2D eigenvalue weighted by Crippen LogP contribution is -2.23. The van der Waals surface area contributed by atoms with Crippen molar-refractivity contribution in [2.45, 2.75) is 33.1 Å². The smallest absolute Gasteiger partial charge is 0.157 e. The molecule has 1 saturated carbocycles. The second kappa shape index (κ2) is 10.8. The highest BCUT2D eigenvalue weighted by atomic mass is 32.1. The molecule has 39 heavy (non-hydrogen) atoms. The number of hydrogen-bond donors (Lipinski definition) is 4. The number of H-pyrrole nitrogens is 1. The monoisotopic (exact) mass is 539 g/mol. The highest BCUT2D eigenvalue weighted by Crippen LogP contribution is 2.33. The summed E-state index contributed by atoms with van der Waals surface area (Å²) in [6.07, 6.45) is 11.7. The molecule has 0 radical (unpaired) electrons. The Morgan fingerprint density at radius 2 is 2.08 bits per heavy atom. The molecule has 5 N–H and O–H groups in total. The Kier molecular flexibility index (Phi) is 7.26. The van der Waals surface area contributed by atoms with Crippen LogP contribution in [0.4, 0.5) is 10.2 Å². The highest BCUT2D eigenvalue weighted by molar-refractivity contribution is 7.15. The van der Waals surface area contributed by atoms with Crippen LogP contribution in [0.1, 0.15) is 48.0 Å². The normalized spacial score (nSPS) is 14.3. The van der Waals surface area contributed by atoms with Gasteiger partial charge >= 0.3 is 0 Å². The topological polar surface area (TPSA) is 116 Å². The minimum absolute atomic E-state index is 0.0891. The molecule has 9 heteroatoms. The third kappa shape index (κ3) is 5.05. The predicted molar refractivity (Wildman–Crippen MR) is 158 cm³/mol. The lowest BCUT2D eigenvalue weighted by molar-refractivity contribution is 0.356. The summed E-state index contributed by atoms with van der Waals surface area (Å²) in [6, 6.07) is 5.79. The van der Waals surface area contributed by atoms with Gasteiger partial charge in [-0.2, -0.15) is 0 Å². The largest absolute Gasteiger partial charge is 0.383 e. The van der Waals surface area contributed by atoms with Gasteiger partial charge in [0.25, 0.3) is 0 Å². The molecule has 4 aromatic rings. The van der Waals surface area contributed by atoms with Gasteiger partial charge in [0, 0.05) is 34.2 Å². The number of pyridine rings is 2. The van der Waals surface area contributed by atoms with Crippen molar-refractivity contribution in [3.63, 3.8) is 0 Å². The molecule has 7 nitrogen and oxygen atoms in total. The van der Waals surface area contributed by atoms with Crippen LogP contribution in [0.2, 0.25) is 0 Å². The number of hydrogen-bond acceptors (Lipinski definition) is 7. The van der Waals surface area contributed by atoms with E-state index in [1.165, 1.54) is 12.6 Å². The molecule has 0 amide bonds. The zero-order valence-electron chi connectivity index (χ0n) is 21.9. The highest BCUT2D eigenvalue weighted by Gasteiger charge is 2.24. The fourth-order valence-electron chi connectivity index (χ4n) is 4.53. The first kappa shape index (κ1) is 26.2. The van der Waals surface area contributed by atoms with Gasteiger partial charge < -0.3 is 16.0 Å². The van der Waals surface area contributed by atoms with Crippen LogP contribution in [0.3, 0.4) is 0 Å². The molecule has 0 aliphatic heterocycles. The summed E-state index contributed by atoms with van der Waals surface area (Å²) in [5.74, 6) is -0.118. The Labute approximate surface area is 230 Å². The van der Waals surface area contributed by atoms with Gasteiger partial charge in [-0.25, -0.2) is 14.4 Å². The summed E-state index contributed by atoms with van der Waals surface area (Å²) in [6.45, 7) is 11.9. The van der Waals surface area contributed by atoms with Crippen LogP contribution in [0.25, 0.3) is 27.2 Å². The molecule has 1 aliphatic rings. The Hall–Kier alpha value is -4.37. The number of rotatable bonds is 9. The zero-order valence-corrected chi connectivity index (χ0v) is 22.8. The number of nitrogens with one attached hydrogen (secondary N) is 3. The van der Waals surface area contributed by atoms with Gasteiger partial charge in [0.05, 0.1) is 16.0 Å². The minimum Gasteiger partial charge on any atom is -0.383 e. The summed E-state index contributed by atoms with van der Waals surface area (Å²) in [5.41, 5.74) is 10.2. The van der Waals surface area contributed by atoms with E-state index in [2.05, 4.69) is 38.4 Å². The molecule has 1 fully saturated rings. The van der Waals surface area contributed by atoms with Gasteiger partial charge in [0.15, 0.2) is 5.82 Å². The molecule has 0 spiro atoms. The van der Waals surface area contributed by atoms with Gasteiger partial charge in [-0.15, -0.1) is 11.3 Å². The first-order valence-corrected chi connectivity index (χ1v) is 13.5. The molecule has 198 valence electrons. The molecular formula is C30H30FN7S. The van der Waals surface area contributed by atoms with Crippen molar-refractivity contribution < 1.29 is 4.39 Å². The third-order valence-corrected chi connectivity index (χ3v) is 7.97. The average molecular weight is 540 g/mol. The minimum atomic E-state index is -0.647. The number of nitrogens with two attached hydrogens (primary N) is 1. The first-order chi connectivity index (χ1) is 18.8. The summed E-state index contributed by atoms with van der Waals surface area (Å²) in [5, 5.41) is 12.2. The van der Waals surface area contributed by atoms with Crippen LogP contribution in [-0.2, 0) is 0 Å². The van der Waals surface area contributed by atoms with E-state index >= 15 is 4.39 Å². The Bertz CT molecular complexity index is 1670. The van der Waals surface area contributed by atoms with E-state index in [1.54, 1.807) is 41.8 Å². The number of nitrogen functional groups attached to an aromatic ring is 1. The Balaban J connectivity index is 1.50. The molecule has 5 rings (SSSR count). The Morgan fingerprint density at radius 3 is 2.72 bits per heavy atom. The van der Waals surface area contributed by atoms with Crippen molar-refractivity contribution in [2.24, 2.45) is 5.92 Å². The maximum atomic E-state index is 16.1. The SMILES string of the molecule is C=C/C(=C\C(=C/C)c1cnc(N)c(C(=N)c2nc3c(-c4ccc(C)s4)nccc3[nH]2)c1F)NC(=C)C1CCC1. The van der Waals surface area contributed by atoms with Crippen molar-refractivity contribution in [3.8, 4) is 10.6 Å². The summed E-state index contributed by atoms with van der Waals surface area (Å²) < 4.78 is 16.1. The summed E-state index contributed by atoms with van der Waals surface area (Å²) in [4.78, 5) is 18.6. The molecule has 0 atom stereocenters. The van der Waals surface area contributed by atoms with Gasteiger partial charge in [-0.05, 0) is 68.5 Å². The molecular weight excluding hydrogens is 509 g/mol. The molecule has 4 heterocycles. The predicted octanol–water partition coefficient (Wildman–Crippen LogP) is 6.90. The fourth-order valence-corrected chi connectivity index (χ4v) is 5.40. The first-order valence-electron chi connectivity index (χ1n) is 12.7. The van der Waals surface area contributed by atoms with Crippen LogP contribution in [0, 0.1) is 24.1 Å². The van der Waals surface area contributed by atoms with Gasteiger partial charge in [0.2, 0.25) is 0 Å². The number of halogens is 1. The third-order valence-electron chi connectivity index (χ3n) is 6.96. The molecule has 1 aliphatic carbocycles. The van der Waals surface area contributed by atoms with E-state index < -0.39 is 5.82 Å². The molecule has 0 aromatic carbocycles. The number of anilines is 1. The fraction of sp³-hybridized carbons (Fsp3) is 0.200. The maximum absolute atomic E-state index is 16.1. The summed E-state index contributed by atoms with van der Waals surface area (Å²) in [7, 11) is 0. The molecule has 0 saturated heterocycles. The standard InChI is InChI=1S/C30H30FN7S/c1-5-18(14-20(6-2)36-17(4)19-8-7-9-19)21-15-35-29(33)24(25(21)31)26(32)30-37-22-12-13-34-28(27(22)38-30)23-11-10-16(3)39-23/h5-6,10-15,19,32,36H,2,4,7-9H2,1,3H3,(H2,33,35)(H,37,38)/b18-5+,20-14+,32-26?. The second-order valence-corrected chi connectivity index (χ2v) is 10.8. The van der Waals surface area contributed by atoms with E-state index in [4.69, 9.17) is 11.1 Å². The number of imidazole rings is 1. The number of fused-ring (bicyclic) bond motifs is 1. The van der Waals surface area contributed by atoms with E-state index in [0.717, 1.165) is 28.3 Å². The number of allylic oxidation sites excluding steroid dienone is 5. The van der Waals surface area contributed by atoms with Crippen molar-refractivity contribution in [1.29, 1.82) is 5.41 Å². The average Bonchev–Trinajstić information content (AvgIpc) is 3.52. The molecule has 0 unspecified atom stereocenters. The van der Waals surface area contributed by atoms with Crippen LogP contribution in [0.5, 0.6) is 0 Å². The molecule has 4 aromatic heterocycles. The van der Waals surface area contributed by atoms with Gasteiger partial charge in [-0.1, -0.05) is 25.7 Å². The van der Waals surface area contributed by atoms with Gasteiger partial charge in [-0.3, -0.25) is 10.4 Å². The van der Waals surface area contributed by atoms with Crippen LogP contribution in [-0.4, -0.2) is 25.6 Å².